The highest BCUT2D eigenvalue weighted by Crippen LogP contribution is 2.19. The lowest BCUT2D eigenvalue weighted by Gasteiger charge is -2.33. The first kappa shape index (κ1) is 17.3. The summed E-state index contributed by atoms with van der Waals surface area (Å²) in [7, 11) is 0. The van der Waals surface area contributed by atoms with Crippen molar-refractivity contribution < 1.29 is 9.53 Å². The van der Waals surface area contributed by atoms with E-state index >= 15 is 0 Å². The number of hydrogen-bond acceptors (Lipinski definition) is 3. The first-order chi connectivity index (χ1) is 11.2. The van der Waals surface area contributed by atoms with E-state index in [1.165, 1.54) is 5.56 Å². The van der Waals surface area contributed by atoms with Crippen LogP contribution in [0.5, 0.6) is 0 Å². The average molecular weight is 317 g/mol. The molecular formula is C18H27N3O2. The monoisotopic (exact) mass is 317 g/mol. The van der Waals surface area contributed by atoms with E-state index in [2.05, 4.69) is 29.3 Å². The van der Waals surface area contributed by atoms with Gasteiger partial charge in [0, 0.05) is 19.6 Å². The van der Waals surface area contributed by atoms with Gasteiger partial charge in [0.2, 0.25) is 0 Å². The second-order valence-electron chi connectivity index (χ2n) is 5.67. The normalized spacial score (nSPS) is 16.3. The third kappa shape index (κ3) is 5.27. The standard InChI is InChI=1S/C18H27N3O2/c1-3-19-18(20-14-15-8-6-5-7-9-15)21-12-10-16(11-13-21)17(22)23-4-2/h5-9,16H,3-4,10-14H2,1-2H3,(H,19,20). The number of benzene rings is 1. The van der Waals surface area contributed by atoms with Gasteiger partial charge in [-0.1, -0.05) is 30.3 Å². The molecule has 1 aliphatic rings. The lowest BCUT2D eigenvalue weighted by molar-refractivity contribution is -0.149. The molecule has 0 saturated carbocycles. The molecule has 5 heteroatoms. The van der Waals surface area contributed by atoms with Crippen molar-refractivity contribution in [1.29, 1.82) is 0 Å². The Kier molecular flexibility index (Phi) is 6.91. The van der Waals surface area contributed by atoms with Crippen LogP contribution < -0.4 is 5.32 Å². The number of guanidine groups is 1. The zero-order valence-corrected chi connectivity index (χ0v) is 14.1. The minimum Gasteiger partial charge on any atom is -0.466 e. The number of carbonyl (C=O) groups is 1. The van der Waals surface area contributed by atoms with E-state index in [9.17, 15) is 4.79 Å². The van der Waals surface area contributed by atoms with Gasteiger partial charge >= 0.3 is 5.97 Å². The summed E-state index contributed by atoms with van der Waals surface area (Å²) in [4.78, 5) is 18.8. The molecule has 1 aliphatic heterocycles. The summed E-state index contributed by atoms with van der Waals surface area (Å²) in [6, 6.07) is 10.2. The average Bonchev–Trinajstić information content (AvgIpc) is 2.60. The molecule has 1 aromatic rings. The van der Waals surface area contributed by atoms with E-state index in [4.69, 9.17) is 9.73 Å². The molecule has 0 amide bonds. The third-order valence-electron chi connectivity index (χ3n) is 4.00. The molecular weight excluding hydrogens is 290 g/mol. The minimum atomic E-state index is -0.0571. The first-order valence-corrected chi connectivity index (χ1v) is 8.48. The van der Waals surface area contributed by atoms with Gasteiger partial charge in [0.1, 0.15) is 0 Å². The minimum absolute atomic E-state index is 0.0307. The molecule has 0 aliphatic carbocycles. The molecule has 2 rings (SSSR count). The maximum atomic E-state index is 11.8. The van der Waals surface area contributed by atoms with Crippen molar-refractivity contribution in [3.8, 4) is 0 Å². The molecule has 0 aromatic heterocycles. The summed E-state index contributed by atoms with van der Waals surface area (Å²) >= 11 is 0. The van der Waals surface area contributed by atoms with Crippen molar-refractivity contribution in [2.75, 3.05) is 26.2 Å². The first-order valence-electron chi connectivity index (χ1n) is 8.48. The highest BCUT2D eigenvalue weighted by molar-refractivity contribution is 5.80. The highest BCUT2D eigenvalue weighted by atomic mass is 16.5. The summed E-state index contributed by atoms with van der Waals surface area (Å²) in [5.74, 6) is 0.903. The zero-order chi connectivity index (χ0) is 16.5. The largest absolute Gasteiger partial charge is 0.466 e. The van der Waals surface area contributed by atoms with Crippen LogP contribution in [-0.4, -0.2) is 43.1 Å². The van der Waals surface area contributed by atoms with Crippen molar-refractivity contribution in [2.45, 2.75) is 33.2 Å². The Balaban J connectivity index is 1.93. The lowest BCUT2D eigenvalue weighted by atomic mass is 9.97. The molecule has 1 aromatic carbocycles. The fourth-order valence-corrected chi connectivity index (χ4v) is 2.76. The number of aliphatic imine (C=N–C) groups is 1. The van der Waals surface area contributed by atoms with E-state index in [0.717, 1.165) is 38.4 Å². The maximum Gasteiger partial charge on any atom is 0.309 e. The molecule has 1 fully saturated rings. The molecule has 0 atom stereocenters. The smallest absolute Gasteiger partial charge is 0.309 e. The van der Waals surface area contributed by atoms with E-state index in [1.807, 2.05) is 25.1 Å². The van der Waals surface area contributed by atoms with Gasteiger partial charge in [0.15, 0.2) is 5.96 Å². The van der Waals surface area contributed by atoms with Crippen LogP contribution in [-0.2, 0) is 16.1 Å². The van der Waals surface area contributed by atoms with E-state index in [0.29, 0.717) is 13.2 Å². The number of ether oxygens (including phenoxy) is 1. The molecule has 1 saturated heterocycles. The molecule has 23 heavy (non-hydrogen) atoms. The number of carbonyl (C=O) groups excluding carboxylic acids is 1. The van der Waals surface area contributed by atoms with Crippen LogP contribution in [0.1, 0.15) is 32.3 Å². The highest BCUT2D eigenvalue weighted by Gasteiger charge is 2.27. The summed E-state index contributed by atoms with van der Waals surface area (Å²) in [6.07, 6.45) is 1.66. The summed E-state index contributed by atoms with van der Waals surface area (Å²) < 4.78 is 5.13. The number of hydrogen-bond donors (Lipinski definition) is 1. The lowest BCUT2D eigenvalue weighted by Crippen LogP contribution is -2.46. The van der Waals surface area contributed by atoms with Crippen LogP contribution in [0.3, 0.4) is 0 Å². The molecule has 0 unspecified atom stereocenters. The summed E-state index contributed by atoms with van der Waals surface area (Å²) in [5, 5.41) is 3.35. The number of rotatable bonds is 5. The second kappa shape index (κ2) is 9.18. The number of esters is 1. The summed E-state index contributed by atoms with van der Waals surface area (Å²) in [6.45, 7) is 7.57. The van der Waals surface area contributed by atoms with E-state index in [-0.39, 0.29) is 11.9 Å². The van der Waals surface area contributed by atoms with Gasteiger partial charge in [-0.3, -0.25) is 4.79 Å². The van der Waals surface area contributed by atoms with Crippen molar-refractivity contribution in [2.24, 2.45) is 10.9 Å². The van der Waals surface area contributed by atoms with Crippen LogP contribution in [0.2, 0.25) is 0 Å². The van der Waals surface area contributed by atoms with Crippen molar-refractivity contribution in [3.63, 3.8) is 0 Å². The molecule has 0 spiro atoms. The van der Waals surface area contributed by atoms with Crippen molar-refractivity contribution in [1.82, 2.24) is 10.2 Å². The van der Waals surface area contributed by atoms with Gasteiger partial charge in [0.05, 0.1) is 19.1 Å². The molecule has 1 N–H and O–H groups in total. The molecule has 5 nitrogen and oxygen atoms in total. The Morgan fingerprint density at radius 3 is 2.57 bits per heavy atom. The van der Waals surface area contributed by atoms with Gasteiger partial charge in [-0.2, -0.15) is 0 Å². The maximum absolute atomic E-state index is 11.8. The number of likely N-dealkylation sites (tertiary alicyclic amines) is 1. The van der Waals surface area contributed by atoms with Gasteiger partial charge in [0.25, 0.3) is 0 Å². The molecule has 0 bridgehead atoms. The molecule has 0 radical (unpaired) electrons. The Bertz CT molecular complexity index is 508. The Morgan fingerprint density at radius 2 is 1.96 bits per heavy atom. The van der Waals surface area contributed by atoms with Crippen LogP contribution in [0.25, 0.3) is 0 Å². The number of nitrogens with one attached hydrogen (secondary N) is 1. The molecule has 1 heterocycles. The quantitative estimate of drug-likeness (QED) is 0.515. The zero-order valence-electron chi connectivity index (χ0n) is 14.1. The topological polar surface area (TPSA) is 53.9 Å². The number of nitrogens with zero attached hydrogens (tertiary/aromatic N) is 2. The van der Waals surface area contributed by atoms with Gasteiger partial charge in [-0.05, 0) is 32.3 Å². The van der Waals surface area contributed by atoms with E-state index < -0.39 is 0 Å². The van der Waals surface area contributed by atoms with Crippen molar-refractivity contribution in [3.05, 3.63) is 35.9 Å². The predicted octanol–water partition coefficient (Wildman–Crippen LogP) is 2.43. The Hall–Kier alpha value is -2.04. The van der Waals surface area contributed by atoms with Gasteiger partial charge in [-0.15, -0.1) is 0 Å². The van der Waals surface area contributed by atoms with Crippen LogP contribution in [0, 0.1) is 5.92 Å². The molecule has 126 valence electrons. The van der Waals surface area contributed by atoms with Gasteiger partial charge < -0.3 is 15.0 Å². The van der Waals surface area contributed by atoms with Gasteiger partial charge in [-0.25, -0.2) is 4.99 Å². The van der Waals surface area contributed by atoms with E-state index in [1.54, 1.807) is 0 Å². The van der Waals surface area contributed by atoms with Crippen LogP contribution in [0.4, 0.5) is 0 Å². The SMILES string of the molecule is CCNC(=NCc1ccccc1)N1CCC(C(=O)OCC)CC1. The number of piperidine rings is 1. The predicted molar refractivity (Wildman–Crippen MR) is 92.2 cm³/mol. The Morgan fingerprint density at radius 1 is 1.26 bits per heavy atom. The van der Waals surface area contributed by atoms with Crippen molar-refractivity contribution >= 4 is 11.9 Å². The Labute approximate surface area is 138 Å². The third-order valence-corrected chi connectivity index (χ3v) is 4.00. The summed E-state index contributed by atoms with van der Waals surface area (Å²) in [5.41, 5.74) is 1.20. The fraction of sp³-hybridized carbons (Fsp3) is 0.556. The van der Waals surface area contributed by atoms with Crippen LogP contribution in [0.15, 0.2) is 35.3 Å². The second-order valence-corrected chi connectivity index (χ2v) is 5.67. The van der Waals surface area contributed by atoms with Crippen LogP contribution >= 0.6 is 0 Å². The fourth-order valence-electron chi connectivity index (χ4n) is 2.76.